The molecule has 1 aromatic carbocycles. The van der Waals surface area contributed by atoms with Crippen molar-refractivity contribution in [1.29, 1.82) is 0 Å². The van der Waals surface area contributed by atoms with Crippen LogP contribution in [0, 0.1) is 6.92 Å². The number of anilines is 1. The molecule has 1 aromatic rings. The summed E-state index contributed by atoms with van der Waals surface area (Å²) in [5, 5.41) is 0.715. The summed E-state index contributed by atoms with van der Waals surface area (Å²) in [4.78, 5) is 10.1. The maximum Gasteiger partial charge on any atom is 0.220 e. The molecule has 0 aromatic heterocycles. The van der Waals surface area contributed by atoms with Gasteiger partial charge in [0.15, 0.2) is 0 Å². The number of nitrogens with two attached hydrogens (primary N) is 2. The summed E-state index contributed by atoms with van der Waals surface area (Å²) in [6, 6.07) is 5.66. The third-order valence-corrected chi connectivity index (χ3v) is 3.22. The first-order chi connectivity index (χ1) is 8.31. The molecule has 5 nitrogen and oxygen atoms in total. The van der Waals surface area contributed by atoms with Crippen molar-refractivity contribution in [2.24, 2.45) is 21.5 Å². The molecule has 7 heteroatoms. The fraction of sp³-hybridized carbons (Fsp3) is 0.333. The first kappa shape index (κ1) is 15.6. The Labute approximate surface area is 123 Å². The predicted molar refractivity (Wildman–Crippen MR) is 83.2 cm³/mol. The van der Waals surface area contributed by atoms with Gasteiger partial charge in [0.25, 0.3) is 0 Å². The number of halogens is 2. The lowest BCUT2D eigenvalue weighted by Crippen LogP contribution is -2.54. The molecule has 0 fully saturated rings. The maximum atomic E-state index is 6.02. The zero-order chi connectivity index (χ0) is 13.5. The van der Waals surface area contributed by atoms with E-state index in [1.165, 1.54) is 0 Å². The van der Waals surface area contributed by atoms with Crippen molar-refractivity contribution < 1.29 is 0 Å². The smallest absolute Gasteiger partial charge is 0.220 e. The molecule has 0 unspecified atom stereocenters. The minimum Gasteiger partial charge on any atom is -0.369 e. The molecule has 0 amide bonds. The molecular weight excluding hydrogens is 285 g/mol. The van der Waals surface area contributed by atoms with Crippen LogP contribution in [0.4, 0.5) is 5.69 Å². The molecule has 104 valence electrons. The molecule has 19 heavy (non-hydrogen) atoms. The van der Waals surface area contributed by atoms with E-state index in [4.69, 9.17) is 23.1 Å². The summed E-state index contributed by atoms with van der Waals surface area (Å²) in [6.45, 7) is 5.78. The minimum absolute atomic E-state index is 0. The fourth-order valence-corrected chi connectivity index (χ4v) is 2.14. The molecule has 4 N–H and O–H groups in total. The van der Waals surface area contributed by atoms with Gasteiger partial charge in [-0.15, -0.1) is 12.4 Å². The van der Waals surface area contributed by atoms with Crippen molar-refractivity contribution in [2.75, 3.05) is 4.90 Å². The quantitative estimate of drug-likeness (QED) is 0.835. The van der Waals surface area contributed by atoms with E-state index < -0.39 is 5.66 Å². The highest BCUT2D eigenvalue weighted by atomic mass is 35.5. The Balaban J connectivity index is 0.00000180. The van der Waals surface area contributed by atoms with Gasteiger partial charge in [-0.2, -0.15) is 4.99 Å². The molecule has 2 rings (SSSR count). The lowest BCUT2D eigenvalue weighted by atomic mass is 10.1. The van der Waals surface area contributed by atoms with Gasteiger partial charge in [-0.05, 0) is 44.5 Å². The lowest BCUT2D eigenvalue weighted by molar-refractivity contribution is 0.534. The molecule has 0 saturated heterocycles. The van der Waals surface area contributed by atoms with Crippen LogP contribution in [0.3, 0.4) is 0 Å². The molecule has 0 bridgehead atoms. The van der Waals surface area contributed by atoms with Gasteiger partial charge >= 0.3 is 0 Å². The second kappa shape index (κ2) is 5.27. The second-order valence-electron chi connectivity index (χ2n) is 4.70. The molecule has 1 heterocycles. The van der Waals surface area contributed by atoms with Crippen molar-refractivity contribution in [1.82, 2.24) is 0 Å². The second-order valence-corrected chi connectivity index (χ2v) is 5.11. The Kier molecular flexibility index (Phi) is 4.32. The summed E-state index contributed by atoms with van der Waals surface area (Å²) < 4.78 is 0. The first-order valence-corrected chi connectivity index (χ1v) is 5.95. The molecule has 0 aliphatic carbocycles. The summed E-state index contributed by atoms with van der Waals surface area (Å²) in [6.07, 6.45) is 0. The van der Waals surface area contributed by atoms with Gasteiger partial charge < -0.3 is 11.5 Å². The van der Waals surface area contributed by atoms with Crippen molar-refractivity contribution in [3.63, 3.8) is 0 Å². The topological polar surface area (TPSA) is 80.0 Å². The van der Waals surface area contributed by atoms with E-state index in [2.05, 4.69) is 9.98 Å². The Hall–Kier alpha value is -1.46. The summed E-state index contributed by atoms with van der Waals surface area (Å²) in [5.74, 6) is 0.522. The number of nitrogens with zero attached hydrogens (tertiary/aromatic N) is 3. The van der Waals surface area contributed by atoms with Crippen molar-refractivity contribution >= 4 is 41.6 Å². The third kappa shape index (κ3) is 2.93. The highest BCUT2D eigenvalue weighted by Gasteiger charge is 2.32. The molecule has 0 radical (unpaired) electrons. The van der Waals surface area contributed by atoms with Gasteiger partial charge in [0, 0.05) is 10.7 Å². The zero-order valence-corrected chi connectivity index (χ0v) is 12.6. The number of guanidine groups is 2. The third-order valence-electron chi connectivity index (χ3n) is 2.79. The Morgan fingerprint density at radius 1 is 1.26 bits per heavy atom. The number of hydrogen-bond donors (Lipinski definition) is 2. The highest BCUT2D eigenvalue weighted by molar-refractivity contribution is 6.31. The number of hydrogen-bond acceptors (Lipinski definition) is 5. The van der Waals surface area contributed by atoms with Crippen LogP contribution in [-0.2, 0) is 0 Å². The molecular formula is C12H17Cl2N5. The van der Waals surface area contributed by atoms with Gasteiger partial charge in [0.05, 0.1) is 0 Å². The summed E-state index contributed by atoms with van der Waals surface area (Å²) >= 11 is 6.02. The number of rotatable bonds is 1. The van der Waals surface area contributed by atoms with Gasteiger partial charge in [-0.3, -0.25) is 4.90 Å². The van der Waals surface area contributed by atoms with Crippen LogP contribution >= 0.6 is 24.0 Å². The van der Waals surface area contributed by atoms with Crippen LogP contribution < -0.4 is 16.4 Å². The summed E-state index contributed by atoms with van der Waals surface area (Å²) in [5.41, 5.74) is 12.9. The van der Waals surface area contributed by atoms with E-state index in [1.54, 1.807) is 0 Å². The van der Waals surface area contributed by atoms with Crippen LogP contribution in [0.2, 0.25) is 5.02 Å². The van der Waals surface area contributed by atoms with Gasteiger partial charge in [-0.25, -0.2) is 4.99 Å². The number of aliphatic imine (C=N–C) groups is 2. The lowest BCUT2D eigenvalue weighted by Gasteiger charge is -2.38. The maximum absolute atomic E-state index is 6.02. The average Bonchev–Trinajstić information content (AvgIpc) is 2.20. The van der Waals surface area contributed by atoms with Crippen LogP contribution in [0.15, 0.2) is 28.2 Å². The largest absolute Gasteiger partial charge is 0.369 e. The van der Waals surface area contributed by atoms with Crippen molar-refractivity contribution in [3.8, 4) is 0 Å². The molecule has 1 aliphatic heterocycles. The normalized spacial score (nSPS) is 17.4. The van der Waals surface area contributed by atoms with E-state index in [0.29, 0.717) is 11.0 Å². The Bertz CT molecular complexity index is 551. The first-order valence-electron chi connectivity index (χ1n) is 5.57. The number of benzene rings is 1. The van der Waals surface area contributed by atoms with E-state index >= 15 is 0 Å². The minimum atomic E-state index is -0.573. The Morgan fingerprint density at radius 2 is 1.89 bits per heavy atom. The van der Waals surface area contributed by atoms with Gasteiger partial charge in [0.1, 0.15) is 5.66 Å². The Morgan fingerprint density at radius 3 is 2.42 bits per heavy atom. The van der Waals surface area contributed by atoms with Crippen molar-refractivity contribution in [3.05, 3.63) is 28.8 Å². The van der Waals surface area contributed by atoms with E-state index in [9.17, 15) is 0 Å². The molecule has 0 saturated carbocycles. The standard InChI is InChI=1S/C12H16ClN5.ClH/c1-7-6-8(4-5-9(7)13)18-11(15)16-10(14)17-12(18,2)3;/h4-6H,1-3H3,(H4,14,15,16,17);1H. The molecule has 0 spiro atoms. The average molecular weight is 302 g/mol. The van der Waals surface area contributed by atoms with Gasteiger partial charge in [0.2, 0.25) is 11.9 Å². The fourth-order valence-electron chi connectivity index (χ4n) is 2.02. The molecule has 0 atom stereocenters. The van der Waals surface area contributed by atoms with Crippen LogP contribution in [-0.4, -0.2) is 17.6 Å². The molecule has 1 aliphatic rings. The highest BCUT2D eigenvalue weighted by Crippen LogP contribution is 2.29. The SMILES string of the molecule is Cc1cc(N2C(N)=NC(N)=NC2(C)C)ccc1Cl.Cl. The van der Waals surface area contributed by atoms with Crippen molar-refractivity contribution in [2.45, 2.75) is 26.4 Å². The predicted octanol–water partition coefficient (Wildman–Crippen LogP) is 2.26. The summed E-state index contributed by atoms with van der Waals surface area (Å²) in [7, 11) is 0. The van der Waals surface area contributed by atoms with E-state index in [1.807, 2.05) is 43.9 Å². The zero-order valence-electron chi connectivity index (χ0n) is 11.0. The van der Waals surface area contributed by atoms with Crippen LogP contribution in [0.25, 0.3) is 0 Å². The van der Waals surface area contributed by atoms with E-state index in [-0.39, 0.29) is 18.4 Å². The monoisotopic (exact) mass is 301 g/mol. The van der Waals surface area contributed by atoms with Crippen LogP contribution in [0.1, 0.15) is 19.4 Å². The van der Waals surface area contributed by atoms with Gasteiger partial charge in [-0.1, -0.05) is 11.6 Å². The van der Waals surface area contributed by atoms with Crippen LogP contribution in [0.5, 0.6) is 0 Å². The number of aryl methyl sites for hydroxylation is 1. The van der Waals surface area contributed by atoms with E-state index in [0.717, 1.165) is 11.3 Å².